The van der Waals surface area contributed by atoms with Crippen LogP contribution in [-0.2, 0) is 0 Å². The van der Waals surface area contributed by atoms with Crippen molar-refractivity contribution < 1.29 is 9.59 Å². The van der Waals surface area contributed by atoms with Gasteiger partial charge in [0.05, 0.1) is 0 Å². The Balaban J connectivity index is 1.75. The van der Waals surface area contributed by atoms with Gasteiger partial charge in [-0.15, -0.1) is 0 Å². The molecule has 0 unspecified atom stereocenters. The molecule has 26 heavy (non-hydrogen) atoms. The molecule has 1 aromatic heterocycles. The molecule has 0 aliphatic carbocycles. The first kappa shape index (κ1) is 17.4. The van der Waals surface area contributed by atoms with E-state index < -0.39 is 0 Å². The number of rotatable bonds is 4. The van der Waals surface area contributed by atoms with E-state index in [0.717, 1.165) is 11.1 Å². The summed E-state index contributed by atoms with van der Waals surface area (Å²) in [7, 11) is 0. The van der Waals surface area contributed by atoms with E-state index in [2.05, 4.69) is 15.6 Å². The summed E-state index contributed by atoms with van der Waals surface area (Å²) >= 11 is 0. The third-order valence-corrected chi connectivity index (χ3v) is 3.96. The lowest BCUT2D eigenvalue weighted by Gasteiger charge is -2.09. The second-order valence-electron chi connectivity index (χ2n) is 6.02. The van der Waals surface area contributed by atoms with Crippen molar-refractivity contribution >= 4 is 23.2 Å². The zero-order chi connectivity index (χ0) is 18.5. The van der Waals surface area contributed by atoms with Crippen molar-refractivity contribution in [3.63, 3.8) is 0 Å². The maximum atomic E-state index is 12.4. The highest BCUT2D eigenvalue weighted by atomic mass is 16.2. The van der Waals surface area contributed by atoms with Crippen LogP contribution in [0.5, 0.6) is 0 Å². The lowest BCUT2D eigenvalue weighted by atomic mass is 10.1. The largest absolute Gasteiger partial charge is 0.322 e. The molecule has 5 nitrogen and oxygen atoms in total. The Hall–Kier alpha value is -3.47. The number of aromatic nitrogens is 1. The van der Waals surface area contributed by atoms with E-state index in [0.29, 0.717) is 16.9 Å². The van der Waals surface area contributed by atoms with Gasteiger partial charge in [0.25, 0.3) is 11.8 Å². The van der Waals surface area contributed by atoms with Crippen molar-refractivity contribution in [2.45, 2.75) is 13.8 Å². The average Bonchev–Trinajstić information content (AvgIpc) is 2.65. The quantitative estimate of drug-likeness (QED) is 0.744. The van der Waals surface area contributed by atoms with Gasteiger partial charge in [-0.2, -0.15) is 0 Å². The molecule has 130 valence electrons. The van der Waals surface area contributed by atoms with E-state index in [1.54, 1.807) is 6.07 Å². The first-order valence-electron chi connectivity index (χ1n) is 8.24. The zero-order valence-electron chi connectivity index (χ0n) is 14.6. The SMILES string of the molecule is Cc1ccc(NC(=O)c2ccnc(C(=O)Nc3ccccc3C)c2)cc1. The molecule has 0 aliphatic rings. The standard InChI is InChI=1S/C21H19N3O2/c1-14-7-9-17(10-8-14)23-20(25)16-11-12-22-19(13-16)21(26)24-18-6-4-3-5-15(18)2/h3-13H,1-2H3,(H,23,25)(H,24,26). The Morgan fingerprint density at radius 3 is 2.31 bits per heavy atom. The third-order valence-electron chi connectivity index (χ3n) is 3.96. The van der Waals surface area contributed by atoms with Crippen LogP contribution in [0.15, 0.2) is 66.9 Å². The van der Waals surface area contributed by atoms with Gasteiger partial charge in [-0.25, -0.2) is 0 Å². The lowest BCUT2D eigenvalue weighted by molar-refractivity contribution is 0.102. The van der Waals surface area contributed by atoms with Gasteiger partial charge in [-0.05, 0) is 49.7 Å². The topological polar surface area (TPSA) is 71.1 Å². The summed E-state index contributed by atoms with van der Waals surface area (Å²) < 4.78 is 0. The molecule has 1 heterocycles. The highest BCUT2D eigenvalue weighted by Crippen LogP contribution is 2.15. The second-order valence-corrected chi connectivity index (χ2v) is 6.02. The summed E-state index contributed by atoms with van der Waals surface area (Å²) in [6.07, 6.45) is 1.46. The second kappa shape index (κ2) is 7.61. The minimum atomic E-state index is -0.357. The summed E-state index contributed by atoms with van der Waals surface area (Å²) in [4.78, 5) is 28.9. The van der Waals surface area contributed by atoms with E-state index >= 15 is 0 Å². The van der Waals surface area contributed by atoms with Gasteiger partial charge in [0.2, 0.25) is 0 Å². The molecule has 3 aromatic rings. The van der Waals surface area contributed by atoms with Gasteiger partial charge in [0.15, 0.2) is 0 Å². The normalized spacial score (nSPS) is 10.2. The number of amides is 2. The number of benzene rings is 2. The highest BCUT2D eigenvalue weighted by molar-refractivity contribution is 6.08. The number of aryl methyl sites for hydroxylation is 2. The number of carbonyl (C=O) groups excluding carboxylic acids is 2. The smallest absolute Gasteiger partial charge is 0.274 e. The molecule has 3 rings (SSSR count). The minimum absolute atomic E-state index is 0.185. The molecule has 0 saturated heterocycles. The van der Waals surface area contributed by atoms with Crippen molar-refractivity contribution in [3.8, 4) is 0 Å². The molecular formula is C21H19N3O2. The number of para-hydroxylation sites is 1. The van der Waals surface area contributed by atoms with E-state index in [-0.39, 0.29) is 17.5 Å². The number of nitrogens with one attached hydrogen (secondary N) is 2. The molecule has 0 fully saturated rings. The molecule has 2 amide bonds. The lowest BCUT2D eigenvalue weighted by Crippen LogP contribution is -2.17. The molecule has 5 heteroatoms. The Kier molecular flexibility index (Phi) is 5.08. The molecule has 0 spiro atoms. The van der Waals surface area contributed by atoms with Crippen molar-refractivity contribution in [2.75, 3.05) is 10.6 Å². The molecular weight excluding hydrogens is 326 g/mol. The van der Waals surface area contributed by atoms with Crippen LogP contribution >= 0.6 is 0 Å². The summed E-state index contributed by atoms with van der Waals surface area (Å²) in [5.41, 5.74) is 4.04. The fraction of sp³-hybridized carbons (Fsp3) is 0.0952. The van der Waals surface area contributed by atoms with Crippen LogP contribution in [0.4, 0.5) is 11.4 Å². The minimum Gasteiger partial charge on any atom is -0.322 e. The summed E-state index contributed by atoms with van der Waals surface area (Å²) in [6.45, 7) is 3.89. The number of anilines is 2. The predicted octanol–water partition coefficient (Wildman–Crippen LogP) is 4.20. The van der Waals surface area contributed by atoms with Gasteiger partial charge in [-0.1, -0.05) is 35.9 Å². The van der Waals surface area contributed by atoms with Crippen LogP contribution in [0.1, 0.15) is 32.0 Å². The molecule has 0 bridgehead atoms. The summed E-state index contributed by atoms with van der Waals surface area (Å²) in [6, 6.07) is 18.1. The van der Waals surface area contributed by atoms with Crippen LogP contribution in [-0.4, -0.2) is 16.8 Å². The van der Waals surface area contributed by atoms with Gasteiger partial charge in [0.1, 0.15) is 5.69 Å². The van der Waals surface area contributed by atoms with Crippen molar-refractivity contribution in [1.82, 2.24) is 4.98 Å². The Bertz CT molecular complexity index is 949. The molecule has 0 aliphatic heterocycles. The van der Waals surface area contributed by atoms with Gasteiger partial charge in [-0.3, -0.25) is 14.6 Å². The zero-order valence-corrected chi connectivity index (χ0v) is 14.6. The third kappa shape index (κ3) is 4.13. The van der Waals surface area contributed by atoms with Crippen LogP contribution in [0.3, 0.4) is 0 Å². The number of nitrogens with zero attached hydrogens (tertiary/aromatic N) is 1. The van der Waals surface area contributed by atoms with Crippen LogP contribution in [0.2, 0.25) is 0 Å². The van der Waals surface area contributed by atoms with Gasteiger partial charge >= 0.3 is 0 Å². The van der Waals surface area contributed by atoms with Crippen molar-refractivity contribution in [2.24, 2.45) is 0 Å². The molecule has 0 saturated carbocycles. The predicted molar refractivity (Wildman–Crippen MR) is 103 cm³/mol. The molecule has 0 radical (unpaired) electrons. The fourth-order valence-corrected chi connectivity index (χ4v) is 2.44. The Labute approximate surface area is 152 Å². The summed E-state index contributed by atoms with van der Waals surface area (Å²) in [5, 5.41) is 5.63. The monoisotopic (exact) mass is 345 g/mol. The highest BCUT2D eigenvalue weighted by Gasteiger charge is 2.13. The van der Waals surface area contributed by atoms with Crippen molar-refractivity contribution in [3.05, 3.63) is 89.2 Å². The van der Waals surface area contributed by atoms with Crippen LogP contribution in [0, 0.1) is 13.8 Å². The molecule has 2 N–H and O–H groups in total. The van der Waals surface area contributed by atoms with Crippen LogP contribution in [0.25, 0.3) is 0 Å². The number of pyridine rings is 1. The van der Waals surface area contributed by atoms with Gasteiger partial charge in [0, 0.05) is 23.1 Å². The van der Waals surface area contributed by atoms with Gasteiger partial charge < -0.3 is 10.6 Å². The van der Waals surface area contributed by atoms with Crippen molar-refractivity contribution in [1.29, 1.82) is 0 Å². The number of hydrogen-bond donors (Lipinski definition) is 2. The van der Waals surface area contributed by atoms with E-state index in [9.17, 15) is 9.59 Å². The Morgan fingerprint density at radius 2 is 1.58 bits per heavy atom. The average molecular weight is 345 g/mol. The van der Waals surface area contributed by atoms with E-state index in [1.807, 2.05) is 62.4 Å². The molecule has 0 atom stereocenters. The number of hydrogen-bond acceptors (Lipinski definition) is 3. The first-order chi connectivity index (χ1) is 12.5. The fourth-order valence-electron chi connectivity index (χ4n) is 2.44. The summed E-state index contributed by atoms with van der Waals surface area (Å²) in [5.74, 6) is -0.648. The van der Waals surface area contributed by atoms with E-state index in [4.69, 9.17) is 0 Å². The molecule has 2 aromatic carbocycles. The first-order valence-corrected chi connectivity index (χ1v) is 8.24. The Morgan fingerprint density at radius 1 is 0.846 bits per heavy atom. The number of carbonyl (C=O) groups is 2. The maximum Gasteiger partial charge on any atom is 0.274 e. The maximum absolute atomic E-state index is 12.4. The van der Waals surface area contributed by atoms with Crippen LogP contribution < -0.4 is 10.6 Å². The van der Waals surface area contributed by atoms with E-state index in [1.165, 1.54) is 12.3 Å².